The number of rotatable bonds is 2. The number of anilines is 3. The Hall–Kier alpha value is -2.83. The van der Waals surface area contributed by atoms with E-state index in [0.717, 1.165) is 0 Å². The zero-order chi connectivity index (χ0) is 15.7. The van der Waals surface area contributed by atoms with Crippen molar-refractivity contribution in [3.63, 3.8) is 0 Å². The Morgan fingerprint density at radius 1 is 1.32 bits per heavy atom. The van der Waals surface area contributed by atoms with E-state index < -0.39 is 0 Å². The number of phenols is 1. The van der Waals surface area contributed by atoms with Gasteiger partial charge in [-0.25, -0.2) is 4.98 Å². The first-order valence-corrected chi connectivity index (χ1v) is 6.97. The molecule has 0 saturated carbocycles. The van der Waals surface area contributed by atoms with E-state index >= 15 is 0 Å². The first-order valence-electron chi connectivity index (χ1n) is 6.97. The van der Waals surface area contributed by atoms with Crippen molar-refractivity contribution in [1.82, 2.24) is 9.97 Å². The first-order chi connectivity index (χ1) is 10.6. The van der Waals surface area contributed by atoms with Gasteiger partial charge in [0, 0.05) is 45.1 Å². The number of nitrogens with one attached hydrogen (secondary N) is 1. The summed E-state index contributed by atoms with van der Waals surface area (Å²) in [7, 11) is 3.63. The van der Waals surface area contributed by atoms with Crippen molar-refractivity contribution < 1.29 is 9.90 Å². The Balaban J connectivity index is 2.05. The summed E-state index contributed by atoms with van der Waals surface area (Å²) in [6.45, 7) is 1.14. The van der Waals surface area contributed by atoms with Gasteiger partial charge in [-0.3, -0.25) is 4.79 Å². The predicted molar refractivity (Wildman–Crippen MR) is 84.6 cm³/mol. The van der Waals surface area contributed by atoms with Gasteiger partial charge in [-0.1, -0.05) is 6.07 Å². The van der Waals surface area contributed by atoms with Crippen LogP contribution in [0, 0.1) is 0 Å². The molecule has 1 aliphatic rings. The molecule has 0 fully saturated rings. The zero-order valence-corrected chi connectivity index (χ0v) is 12.4. The highest BCUT2D eigenvalue weighted by Gasteiger charge is 2.27. The lowest BCUT2D eigenvalue weighted by molar-refractivity contribution is 0.0989. The molecule has 114 valence electrons. The minimum absolute atomic E-state index is 0.130. The molecule has 7 heteroatoms. The van der Waals surface area contributed by atoms with Gasteiger partial charge in [0.1, 0.15) is 17.1 Å². The van der Waals surface area contributed by atoms with Gasteiger partial charge in [0.15, 0.2) is 0 Å². The highest BCUT2D eigenvalue weighted by atomic mass is 16.3. The molecule has 1 aromatic carbocycles. The molecule has 2 aromatic rings. The van der Waals surface area contributed by atoms with E-state index in [0.29, 0.717) is 36.1 Å². The third-order valence-electron chi connectivity index (χ3n) is 3.63. The van der Waals surface area contributed by atoms with Crippen molar-refractivity contribution in [3.05, 3.63) is 36.0 Å². The molecule has 1 aromatic heterocycles. The second-order valence-electron chi connectivity index (χ2n) is 5.08. The molecule has 0 unspecified atom stereocenters. The van der Waals surface area contributed by atoms with Gasteiger partial charge in [0.25, 0.3) is 5.91 Å². The predicted octanol–water partition coefficient (Wildman–Crippen LogP) is 1.32. The van der Waals surface area contributed by atoms with Crippen LogP contribution < -0.4 is 15.1 Å². The number of likely N-dealkylation sites (N-methyl/N-ethyl adjacent to an activating group) is 1. The fraction of sp³-hybridized carbons (Fsp3) is 0.267. The van der Waals surface area contributed by atoms with E-state index in [-0.39, 0.29) is 11.7 Å². The molecule has 0 atom stereocenters. The van der Waals surface area contributed by atoms with Gasteiger partial charge in [0.2, 0.25) is 5.95 Å². The quantitative estimate of drug-likeness (QED) is 0.870. The van der Waals surface area contributed by atoms with Crippen LogP contribution in [-0.2, 0) is 0 Å². The van der Waals surface area contributed by atoms with Crippen LogP contribution in [0.3, 0.4) is 0 Å². The molecule has 2 N–H and O–H groups in total. The number of amides is 1. The molecule has 3 rings (SSSR count). The van der Waals surface area contributed by atoms with Crippen molar-refractivity contribution in [2.45, 2.75) is 0 Å². The molecule has 2 heterocycles. The Bertz CT molecular complexity index is 719. The summed E-state index contributed by atoms with van der Waals surface area (Å²) in [5.41, 5.74) is 1.10. The lowest BCUT2D eigenvalue weighted by atomic mass is 10.2. The molecular formula is C15H17N5O2. The Morgan fingerprint density at radius 3 is 2.86 bits per heavy atom. The average molecular weight is 299 g/mol. The summed E-state index contributed by atoms with van der Waals surface area (Å²) in [5, 5.41) is 12.5. The number of hydrogen-bond donors (Lipinski definition) is 2. The van der Waals surface area contributed by atoms with Crippen molar-refractivity contribution in [1.29, 1.82) is 0 Å². The largest absolute Gasteiger partial charge is 0.508 e. The minimum Gasteiger partial charge on any atom is -0.508 e. The van der Waals surface area contributed by atoms with E-state index in [2.05, 4.69) is 15.3 Å². The van der Waals surface area contributed by atoms with Crippen LogP contribution in [0.5, 0.6) is 5.75 Å². The normalized spacial score (nSPS) is 14.5. The maximum absolute atomic E-state index is 12.8. The van der Waals surface area contributed by atoms with E-state index in [1.807, 2.05) is 11.9 Å². The van der Waals surface area contributed by atoms with Crippen molar-refractivity contribution >= 4 is 23.4 Å². The second kappa shape index (κ2) is 5.51. The Labute approximate surface area is 128 Å². The van der Waals surface area contributed by atoms with Crippen LogP contribution in [0.15, 0.2) is 30.5 Å². The molecule has 1 amide bonds. The first kappa shape index (κ1) is 14.1. The van der Waals surface area contributed by atoms with Gasteiger partial charge in [-0.15, -0.1) is 0 Å². The van der Waals surface area contributed by atoms with Crippen molar-refractivity contribution in [2.75, 3.05) is 42.3 Å². The number of carbonyl (C=O) groups is 1. The summed E-state index contributed by atoms with van der Waals surface area (Å²) >= 11 is 0. The van der Waals surface area contributed by atoms with Gasteiger partial charge >= 0.3 is 0 Å². The maximum Gasteiger partial charge on any atom is 0.263 e. The zero-order valence-electron chi connectivity index (χ0n) is 12.4. The minimum atomic E-state index is -0.174. The van der Waals surface area contributed by atoms with E-state index in [4.69, 9.17) is 0 Å². The molecular weight excluding hydrogens is 282 g/mol. The number of aromatic nitrogens is 2. The Kier molecular flexibility index (Phi) is 3.54. The summed E-state index contributed by atoms with van der Waals surface area (Å²) in [6, 6.07) is 6.67. The number of phenolic OH excluding ortho intramolecular Hbond substituents is 1. The molecule has 0 radical (unpaired) electrons. The van der Waals surface area contributed by atoms with E-state index in [9.17, 15) is 9.90 Å². The van der Waals surface area contributed by atoms with Crippen molar-refractivity contribution in [2.24, 2.45) is 0 Å². The third-order valence-corrected chi connectivity index (χ3v) is 3.63. The number of benzene rings is 1. The van der Waals surface area contributed by atoms with Gasteiger partial charge in [-0.05, 0) is 12.1 Å². The van der Waals surface area contributed by atoms with Crippen molar-refractivity contribution in [3.8, 4) is 5.75 Å². The number of nitrogens with zero attached hydrogens (tertiary/aromatic N) is 4. The summed E-state index contributed by atoms with van der Waals surface area (Å²) in [6.07, 6.45) is 1.54. The highest BCUT2D eigenvalue weighted by Crippen LogP contribution is 2.27. The van der Waals surface area contributed by atoms with Crippen LogP contribution in [0.4, 0.5) is 17.5 Å². The fourth-order valence-electron chi connectivity index (χ4n) is 2.45. The van der Waals surface area contributed by atoms with Crippen LogP contribution in [0.25, 0.3) is 0 Å². The van der Waals surface area contributed by atoms with E-state index in [1.165, 1.54) is 6.20 Å². The second-order valence-corrected chi connectivity index (χ2v) is 5.08. The van der Waals surface area contributed by atoms with Gasteiger partial charge < -0.3 is 20.2 Å². The molecule has 0 aliphatic carbocycles. The topological polar surface area (TPSA) is 81.6 Å². The summed E-state index contributed by atoms with van der Waals surface area (Å²) in [5.74, 6) is 1.04. The summed E-state index contributed by atoms with van der Waals surface area (Å²) in [4.78, 5) is 24.9. The molecule has 1 aliphatic heterocycles. The number of aromatic hydroxyl groups is 1. The van der Waals surface area contributed by atoms with Gasteiger partial charge in [-0.2, -0.15) is 4.98 Å². The molecule has 0 bridgehead atoms. The van der Waals surface area contributed by atoms with Crippen LogP contribution in [-0.4, -0.2) is 48.2 Å². The third kappa shape index (κ3) is 2.41. The van der Waals surface area contributed by atoms with Crippen LogP contribution in [0.2, 0.25) is 0 Å². The SMILES string of the molecule is CNc1ncc2c(n1)N(C)CCN(c1cccc(O)c1)C2=O. The average Bonchev–Trinajstić information content (AvgIpc) is 2.65. The molecule has 22 heavy (non-hydrogen) atoms. The standard InChI is InChI=1S/C15H17N5O2/c1-16-15-17-9-12-13(18-15)19(2)6-7-20(14(12)22)10-4-3-5-11(21)8-10/h3-5,8-9,21H,6-7H2,1-2H3,(H,16,17,18). The number of hydrogen-bond acceptors (Lipinski definition) is 6. The molecule has 7 nitrogen and oxygen atoms in total. The Morgan fingerprint density at radius 2 is 2.14 bits per heavy atom. The van der Waals surface area contributed by atoms with Gasteiger partial charge in [0.05, 0.1) is 0 Å². The highest BCUT2D eigenvalue weighted by molar-refractivity contribution is 6.09. The van der Waals surface area contributed by atoms with Crippen LogP contribution >= 0.6 is 0 Å². The fourth-order valence-corrected chi connectivity index (χ4v) is 2.45. The molecule has 0 saturated heterocycles. The number of fused-ring (bicyclic) bond motifs is 1. The summed E-state index contributed by atoms with van der Waals surface area (Å²) < 4.78 is 0. The lowest BCUT2D eigenvalue weighted by Crippen LogP contribution is -2.33. The lowest BCUT2D eigenvalue weighted by Gasteiger charge is -2.21. The van der Waals surface area contributed by atoms with E-state index in [1.54, 1.807) is 36.2 Å². The monoisotopic (exact) mass is 299 g/mol. The number of carbonyl (C=O) groups excluding carboxylic acids is 1. The smallest absolute Gasteiger partial charge is 0.263 e. The van der Waals surface area contributed by atoms with Crippen LogP contribution in [0.1, 0.15) is 10.4 Å². The molecule has 0 spiro atoms. The maximum atomic E-state index is 12.8.